The lowest BCUT2D eigenvalue weighted by atomic mass is 10.1. The number of nitrogens with zero attached hydrogens (tertiary/aromatic N) is 1. The number of hydrogen-bond donors (Lipinski definition) is 1. The Labute approximate surface area is 210 Å². The zero-order valence-electron chi connectivity index (χ0n) is 19.7. The van der Waals surface area contributed by atoms with Gasteiger partial charge in [0.1, 0.15) is 19.8 Å². The van der Waals surface area contributed by atoms with E-state index in [0.29, 0.717) is 30.3 Å². The second kappa shape index (κ2) is 10.2. The zero-order chi connectivity index (χ0) is 25.9. The van der Waals surface area contributed by atoms with E-state index in [-0.39, 0.29) is 15.5 Å². The van der Waals surface area contributed by atoms with Crippen molar-refractivity contribution < 1.29 is 31.1 Å². The fourth-order valence-electron chi connectivity index (χ4n) is 3.73. The number of hydrogen-bond acceptors (Lipinski definition) is 7. The molecule has 1 atom stereocenters. The molecule has 0 saturated carbocycles. The molecule has 0 radical (unpaired) electrons. The molecule has 190 valence electrons. The van der Waals surface area contributed by atoms with Crippen LogP contribution in [0.1, 0.15) is 18.5 Å². The normalized spacial score (nSPS) is 14.1. The van der Waals surface area contributed by atoms with Crippen molar-refractivity contribution in [1.82, 2.24) is 5.32 Å². The summed E-state index contributed by atoms with van der Waals surface area (Å²) < 4.78 is 62.6. The lowest BCUT2D eigenvalue weighted by molar-refractivity contribution is -0.120. The number of sulfone groups is 1. The maximum Gasteiger partial charge on any atom is 0.264 e. The van der Waals surface area contributed by atoms with Gasteiger partial charge >= 0.3 is 0 Å². The van der Waals surface area contributed by atoms with Gasteiger partial charge in [-0.15, -0.1) is 0 Å². The van der Waals surface area contributed by atoms with Crippen LogP contribution in [0.2, 0.25) is 0 Å². The van der Waals surface area contributed by atoms with Crippen LogP contribution in [0, 0.1) is 0 Å². The van der Waals surface area contributed by atoms with Crippen LogP contribution in [0.3, 0.4) is 0 Å². The third-order valence-electron chi connectivity index (χ3n) is 5.62. The fourth-order valence-corrected chi connectivity index (χ4v) is 5.79. The Balaban J connectivity index is 1.60. The first-order chi connectivity index (χ1) is 17.1. The quantitative estimate of drug-likeness (QED) is 0.476. The monoisotopic (exact) mass is 530 g/mol. The summed E-state index contributed by atoms with van der Waals surface area (Å²) in [5.74, 6) is 0.355. The van der Waals surface area contributed by atoms with Gasteiger partial charge in [-0.3, -0.25) is 9.10 Å². The van der Waals surface area contributed by atoms with E-state index < -0.39 is 38.4 Å². The topological polar surface area (TPSA) is 119 Å². The molecule has 36 heavy (non-hydrogen) atoms. The highest BCUT2D eigenvalue weighted by Crippen LogP contribution is 2.35. The van der Waals surface area contributed by atoms with Crippen molar-refractivity contribution >= 4 is 31.5 Å². The molecule has 9 nitrogen and oxygen atoms in total. The summed E-state index contributed by atoms with van der Waals surface area (Å²) in [6.45, 7) is 1.97. The second-order valence-electron chi connectivity index (χ2n) is 8.28. The molecule has 3 aromatic rings. The summed E-state index contributed by atoms with van der Waals surface area (Å²) in [7, 11) is -7.43. The van der Waals surface area contributed by atoms with Gasteiger partial charge in [0.25, 0.3) is 10.0 Å². The van der Waals surface area contributed by atoms with Crippen molar-refractivity contribution in [1.29, 1.82) is 0 Å². The molecule has 1 aliphatic rings. The summed E-state index contributed by atoms with van der Waals surface area (Å²) in [4.78, 5) is 13.2. The third-order valence-corrected chi connectivity index (χ3v) is 8.53. The summed E-state index contributed by atoms with van der Waals surface area (Å²) in [5.41, 5.74) is 0.927. The summed E-state index contributed by atoms with van der Waals surface area (Å²) >= 11 is 0. The summed E-state index contributed by atoms with van der Waals surface area (Å²) in [6, 6.07) is 18.2. The highest BCUT2D eigenvalue weighted by molar-refractivity contribution is 7.93. The first-order valence-electron chi connectivity index (χ1n) is 11.1. The van der Waals surface area contributed by atoms with Crippen molar-refractivity contribution in [2.24, 2.45) is 0 Å². The average Bonchev–Trinajstić information content (AvgIpc) is 2.87. The van der Waals surface area contributed by atoms with Crippen LogP contribution in [0.25, 0.3) is 0 Å². The van der Waals surface area contributed by atoms with Gasteiger partial charge < -0.3 is 14.8 Å². The fraction of sp³-hybridized carbons (Fsp3) is 0.240. The van der Waals surface area contributed by atoms with E-state index >= 15 is 0 Å². The molecular weight excluding hydrogens is 504 g/mol. The van der Waals surface area contributed by atoms with E-state index in [1.165, 1.54) is 30.3 Å². The predicted molar refractivity (Wildman–Crippen MR) is 135 cm³/mol. The average molecular weight is 531 g/mol. The smallest absolute Gasteiger partial charge is 0.264 e. The Morgan fingerprint density at radius 2 is 1.53 bits per heavy atom. The first kappa shape index (κ1) is 25.5. The van der Waals surface area contributed by atoms with Crippen molar-refractivity contribution in [2.75, 3.05) is 30.3 Å². The second-order valence-corrected chi connectivity index (χ2v) is 12.2. The van der Waals surface area contributed by atoms with E-state index in [0.717, 1.165) is 10.6 Å². The van der Waals surface area contributed by atoms with E-state index in [4.69, 9.17) is 9.47 Å². The largest absolute Gasteiger partial charge is 0.486 e. The molecule has 1 unspecified atom stereocenters. The number of sulfonamides is 1. The lowest BCUT2D eigenvalue weighted by Crippen LogP contribution is -2.41. The predicted octanol–water partition coefficient (Wildman–Crippen LogP) is 2.93. The first-order valence-corrected chi connectivity index (χ1v) is 14.5. The van der Waals surface area contributed by atoms with E-state index in [2.05, 4.69) is 5.32 Å². The zero-order valence-corrected chi connectivity index (χ0v) is 21.4. The molecular formula is C25H26N2O7S2. The Kier molecular flexibility index (Phi) is 7.23. The molecule has 1 N–H and O–H groups in total. The number of amides is 1. The molecule has 3 aromatic carbocycles. The van der Waals surface area contributed by atoms with Crippen molar-refractivity contribution in [3.8, 4) is 11.5 Å². The number of nitrogens with one attached hydrogen (secondary N) is 1. The van der Waals surface area contributed by atoms with Gasteiger partial charge in [0.15, 0.2) is 21.3 Å². The van der Waals surface area contributed by atoms with Crippen LogP contribution in [-0.2, 0) is 24.7 Å². The molecule has 4 rings (SSSR count). The number of fused-ring (bicyclic) bond motifs is 1. The lowest BCUT2D eigenvalue weighted by Gasteiger charge is -2.27. The van der Waals surface area contributed by atoms with E-state index in [9.17, 15) is 21.6 Å². The van der Waals surface area contributed by atoms with Crippen LogP contribution in [-0.4, -0.2) is 48.8 Å². The highest BCUT2D eigenvalue weighted by atomic mass is 32.2. The maximum atomic E-state index is 13.5. The highest BCUT2D eigenvalue weighted by Gasteiger charge is 2.29. The van der Waals surface area contributed by atoms with Gasteiger partial charge in [0, 0.05) is 12.3 Å². The van der Waals surface area contributed by atoms with Gasteiger partial charge in [-0.1, -0.05) is 30.3 Å². The molecule has 0 aromatic heterocycles. The van der Waals surface area contributed by atoms with Gasteiger partial charge in [-0.25, -0.2) is 16.8 Å². The SMILES string of the molecule is CC(NC(=O)CN(c1ccc2c(c1)OCCO2)S(=O)(=O)c1ccccc1)c1ccc(S(C)(=O)=O)cc1. The van der Waals surface area contributed by atoms with Gasteiger partial charge in [-0.2, -0.15) is 0 Å². The number of ether oxygens (including phenoxy) is 2. The number of carbonyl (C=O) groups is 1. The summed E-state index contributed by atoms with van der Waals surface area (Å²) in [6.07, 6.45) is 1.12. The summed E-state index contributed by atoms with van der Waals surface area (Å²) in [5, 5.41) is 2.79. The van der Waals surface area contributed by atoms with Gasteiger partial charge in [0.2, 0.25) is 5.91 Å². The Morgan fingerprint density at radius 1 is 0.889 bits per heavy atom. The molecule has 0 fully saturated rings. The standard InChI is InChI=1S/C25H26N2O7S2/c1-18(19-8-11-21(12-9-19)35(2,29)30)26-25(28)17-27(36(31,32)22-6-4-3-5-7-22)20-10-13-23-24(16-20)34-15-14-33-23/h3-13,16,18H,14-15,17H2,1-2H3,(H,26,28). The maximum absolute atomic E-state index is 13.5. The molecule has 0 saturated heterocycles. The van der Waals surface area contributed by atoms with Crippen LogP contribution >= 0.6 is 0 Å². The molecule has 1 heterocycles. The molecule has 0 aliphatic carbocycles. The van der Waals surface area contributed by atoms with Crippen molar-refractivity contribution in [3.63, 3.8) is 0 Å². The molecule has 11 heteroatoms. The minimum Gasteiger partial charge on any atom is -0.486 e. The Morgan fingerprint density at radius 3 is 2.17 bits per heavy atom. The Hall–Kier alpha value is -3.57. The number of rotatable bonds is 8. The number of anilines is 1. The number of benzene rings is 3. The van der Waals surface area contributed by atoms with Crippen LogP contribution < -0.4 is 19.1 Å². The molecule has 1 amide bonds. The minimum absolute atomic E-state index is 0.0390. The van der Waals surface area contributed by atoms with Crippen LogP contribution in [0.4, 0.5) is 5.69 Å². The van der Waals surface area contributed by atoms with E-state index in [1.54, 1.807) is 49.4 Å². The molecule has 0 bridgehead atoms. The minimum atomic E-state index is -4.09. The van der Waals surface area contributed by atoms with Crippen LogP contribution in [0.15, 0.2) is 82.6 Å². The third kappa shape index (κ3) is 5.63. The van der Waals surface area contributed by atoms with Gasteiger partial charge in [-0.05, 0) is 48.9 Å². The van der Waals surface area contributed by atoms with Crippen molar-refractivity contribution in [2.45, 2.75) is 22.8 Å². The number of carbonyl (C=O) groups excluding carboxylic acids is 1. The molecule has 1 aliphatic heterocycles. The van der Waals surface area contributed by atoms with E-state index in [1.807, 2.05) is 0 Å². The molecule has 0 spiro atoms. The van der Waals surface area contributed by atoms with Crippen molar-refractivity contribution in [3.05, 3.63) is 78.4 Å². The Bertz CT molecular complexity index is 1460. The van der Waals surface area contributed by atoms with Crippen LogP contribution in [0.5, 0.6) is 11.5 Å². The van der Waals surface area contributed by atoms with Gasteiger partial charge in [0.05, 0.1) is 21.5 Å².